The first kappa shape index (κ1) is 19.5. The van der Waals surface area contributed by atoms with Gasteiger partial charge in [0.2, 0.25) is 0 Å². The van der Waals surface area contributed by atoms with Crippen LogP contribution in [0.15, 0.2) is 65.8 Å². The molecule has 0 saturated heterocycles. The monoisotopic (exact) mass is 403 g/mol. The number of aryl methyl sites for hydroxylation is 2. The van der Waals surface area contributed by atoms with Crippen molar-refractivity contribution in [2.75, 3.05) is 0 Å². The minimum absolute atomic E-state index is 0.180. The maximum absolute atomic E-state index is 6.17. The molecule has 0 aliphatic rings. The Morgan fingerprint density at radius 3 is 2.62 bits per heavy atom. The van der Waals surface area contributed by atoms with Gasteiger partial charge < -0.3 is 9.30 Å². The molecule has 4 rings (SSSR count). The van der Waals surface area contributed by atoms with Gasteiger partial charge in [-0.05, 0) is 48.7 Å². The molecule has 0 aliphatic carbocycles. The lowest BCUT2D eigenvalue weighted by Crippen LogP contribution is -2.10. The third-order valence-corrected chi connectivity index (χ3v) is 6.17. The van der Waals surface area contributed by atoms with Crippen molar-refractivity contribution in [2.45, 2.75) is 37.8 Å². The van der Waals surface area contributed by atoms with Crippen LogP contribution in [0.3, 0.4) is 0 Å². The Kier molecular flexibility index (Phi) is 5.58. The molecule has 1 atom stereocenters. The fourth-order valence-electron chi connectivity index (χ4n) is 3.54. The average molecular weight is 404 g/mol. The lowest BCUT2D eigenvalue weighted by Gasteiger charge is -2.16. The number of ether oxygens (including phenoxy) is 1. The normalized spacial score (nSPS) is 12.3. The van der Waals surface area contributed by atoms with Crippen LogP contribution in [0.2, 0.25) is 0 Å². The first-order valence-corrected chi connectivity index (χ1v) is 10.7. The van der Waals surface area contributed by atoms with Crippen molar-refractivity contribution in [3.63, 3.8) is 0 Å². The summed E-state index contributed by atoms with van der Waals surface area (Å²) in [6.07, 6.45) is -0.180. The van der Waals surface area contributed by atoms with E-state index in [1.807, 2.05) is 24.6 Å². The highest BCUT2D eigenvalue weighted by Gasteiger charge is 2.18. The Morgan fingerprint density at radius 2 is 1.79 bits per heavy atom. The molecule has 3 aromatic carbocycles. The van der Waals surface area contributed by atoms with Crippen LogP contribution in [0, 0.1) is 13.8 Å². The number of benzene rings is 3. The molecule has 4 aromatic rings. The van der Waals surface area contributed by atoms with Gasteiger partial charge in [-0.25, -0.2) is 0 Å². The topological polar surface area (TPSA) is 39.9 Å². The highest BCUT2D eigenvalue weighted by molar-refractivity contribution is 7.98. The fraction of sp³-hybridized carbons (Fsp3) is 0.250. The minimum atomic E-state index is -0.180. The molecule has 1 aromatic heterocycles. The fourth-order valence-corrected chi connectivity index (χ4v) is 4.46. The molecule has 0 saturated carbocycles. The summed E-state index contributed by atoms with van der Waals surface area (Å²) >= 11 is 1.70. The molecule has 1 unspecified atom stereocenters. The zero-order valence-electron chi connectivity index (χ0n) is 17.2. The van der Waals surface area contributed by atoms with Crippen molar-refractivity contribution in [1.82, 2.24) is 14.8 Å². The van der Waals surface area contributed by atoms with Gasteiger partial charge in [0, 0.05) is 12.8 Å². The van der Waals surface area contributed by atoms with Gasteiger partial charge in [-0.3, -0.25) is 0 Å². The highest BCUT2D eigenvalue weighted by Crippen LogP contribution is 2.29. The number of fused-ring (bicyclic) bond motifs is 1. The van der Waals surface area contributed by atoms with Gasteiger partial charge in [0.25, 0.3) is 0 Å². The van der Waals surface area contributed by atoms with E-state index in [4.69, 9.17) is 4.74 Å². The summed E-state index contributed by atoms with van der Waals surface area (Å²) in [5, 5.41) is 12.3. The van der Waals surface area contributed by atoms with E-state index in [0.717, 1.165) is 28.0 Å². The van der Waals surface area contributed by atoms with E-state index < -0.39 is 0 Å². The molecule has 0 radical (unpaired) electrons. The standard InChI is InChI=1S/C24H25N3OS/c1-16-12-13-22(17(2)14-16)28-18(3)23-25-26-24(27(23)4)29-15-20-10-7-9-19-8-5-6-11-21(19)20/h5-14,18H,15H2,1-4H3. The lowest BCUT2D eigenvalue weighted by atomic mass is 10.1. The van der Waals surface area contributed by atoms with Gasteiger partial charge in [-0.2, -0.15) is 0 Å². The Bertz CT molecular complexity index is 1150. The zero-order chi connectivity index (χ0) is 20.4. The van der Waals surface area contributed by atoms with Crippen LogP contribution in [0.5, 0.6) is 5.75 Å². The van der Waals surface area contributed by atoms with E-state index in [9.17, 15) is 0 Å². The van der Waals surface area contributed by atoms with Crippen molar-refractivity contribution in [3.8, 4) is 5.75 Å². The molecule has 4 nitrogen and oxygen atoms in total. The van der Waals surface area contributed by atoms with Crippen LogP contribution in [0.1, 0.15) is 35.5 Å². The van der Waals surface area contributed by atoms with E-state index in [-0.39, 0.29) is 6.10 Å². The summed E-state index contributed by atoms with van der Waals surface area (Å²) in [4.78, 5) is 0. The lowest BCUT2D eigenvalue weighted by molar-refractivity contribution is 0.210. The molecular weight excluding hydrogens is 378 g/mol. The Morgan fingerprint density at radius 1 is 1.00 bits per heavy atom. The highest BCUT2D eigenvalue weighted by atomic mass is 32.2. The van der Waals surface area contributed by atoms with E-state index in [1.54, 1.807) is 11.8 Å². The summed E-state index contributed by atoms with van der Waals surface area (Å²) in [5.41, 5.74) is 3.66. The minimum Gasteiger partial charge on any atom is -0.482 e. The second-order valence-electron chi connectivity index (χ2n) is 7.36. The largest absolute Gasteiger partial charge is 0.482 e. The molecule has 29 heavy (non-hydrogen) atoms. The van der Waals surface area contributed by atoms with Gasteiger partial charge in [0.15, 0.2) is 17.1 Å². The first-order valence-electron chi connectivity index (χ1n) is 9.75. The molecule has 0 amide bonds. The molecule has 0 bridgehead atoms. The van der Waals surface area contributed by atoms with Crippen molar-refractivity contribution in [1.29, 1.82) is 0 Å². The molecule has 0 fully saturated rings. The smallest absolute Gasteiger partial charge is 0.191 e. The molecule has 0 N–H and O–H groups in total. The number of hydrogen-bond donors (Lipinski definition) is 0. The molecule has 148 valence electrons. The van der Waals surface area contributed by atoms with Gasteiger partial charge in [0.05, 0.1) is 0 Å². The molecule has 5 heteroatoms. The molecular formula is C24H25N3OS. The van der Waals surface area contributed by atoms with Gasteiger partial charge >= 0.3 is 0 Å². The van der Waals surface area contributed by atoms with Crippen molar-refractivity contribution in [3.05, 3.63) is 83.2 Å². The number of thioether (sulfide) groups is 1. The summed E-state index contributed by atoms with van der Waals surface area (Å²) in [5.74, 6) is 2.56. The Hall–Kier alpha value is -2.79. The third kappa shape index (κ3) is 4.15. The first-order chi connectivity index (χ1) is 14.0. The maximum Gasteiger partial charge on any atom is 0.191 e. The van der Waals surface area contributed by atoms with Crippen LogP contribution in [-0.4, -0.2) is 14.8 Å². The Balaban J connectivity index is 1.49. The predicted octanol–water partition coefficient (Wildman–Crippen LogP) is 6.02. The quantitative estimate of drug-likeness (QED) is 0.369. The molecule has 1 heterocycles. The predicted molar refractivity (Wildman–Crippen MR) is 119 cm³/mol. The van der Waals surface area contributed by atoms with Crippen molar-refractivity contribution < 1.29 is 4.74 Å². The van der Waals surface area contributed by atoms with E-state index in [0.29, 0.717) is 0 Å². The molecule has 0 aliphatic heterocycles. The van der Waals surface area contributed by atoms with Crippen LogP contribution < -0.4 is 4.74 Å². The third-order valence-electron chi connectivity index (χ3n) is 5.10. The van der Waals surface area contributed by atoms with Crippen LogP contribution in [0.25, 0.3) is 10.8 Å². The van der Waals surface area contributed by atoms with Crippen molar-refractivity contribution in [2.24, 2.45) is 7.05 Å². The summed E-state index contributed by atoms with van der Waals surface area (Å²) in [7, 11) is 2.00. The number of nitrogens with zero attached hydrogens (tertiary/aromatic N) is 3. The maximum atomic E-state index is 6.17. The van der Waals surface area contributed by atoms with Gasteiger partial charge in [0.1, 0.15) is 5.75 Å². The van der Waals surface area contributed by atoms with E-state index >= 15 is 0 Å². The second kappa shape index (κ2) is 8.29. The van der Waals surface area contributed by atoms with Crippen molar-refractivity contribution >= 4 is 22.5 Å². The Labute approximate surface area is 175 Å². The zero-order valence-corrected chi connectivity index (χ0v) is 18.0. The summed E-state index contributed by atoms with van der Waals surface area (Å²) in [6, 6.07) is 21.1. The van der Waals surface area contributed by atoms with E-state index in [1.165, 1.54) is 21.9 Å². The number of hydrogen-bond acceptors (Lipinski definition) is 4. The van der Waals surface area contributed by atoms with Crippen LogP contribution >= 0.6 is 11.8 Å². The number of aromatic nitrogens is 3. The van der Waals surface area contributed by atoms with E-state index in [2.05, 4.69) is 78.6 Å². The van der Waals surface area contributed by atoms with Crippen LogP contribution in [0.4, 0.5) is 0 Å². The molecule has 0 spiro atoms. The summed E-state index contributed by atoms with van der Waals surface area (Å²) in [6.45, 7) is 6.17. The van der Waals surface area contributed by atoms with Gasteiger partial charge in [-0.15, -0.1) is 10.2 Å². The number of rotatable bonds is 6. The average Bonchev–Trinajstić information content (AvgIpc) is 3.09. The SMILES string of the molecule is Cc1ccc(OC(C)c2nnc(SCc3cccc4ccccc34)n2C)c(C)c1. The summed E-state index contributed by atoms with van der Waals surface area (Å²) < 4.78 is 8.20. The van der Waals surface area contributed by atoms with Gasteiger partial charge in [-0.1, -0.05) is 71.9 Å². The second-order valence-corrected chi connectivity index (χ2v) is 8.30. The van der Waals surface area contributed by atoms with Crippen LogP contribution in [-0.2, 0) is 12.8 Å².